The molecule has 29 heavy (non-hydrogen) atoms. The van der Waals surface area contributed by atoms with Gasteiger partial charge in [-0.2, -0.15) is 0 Å². The molecule has 1 amide bonds. The Morgan fingerprint density at radius 1 is 1.07 bits per heavy atom. The second-order valence-electron chi connectivity index (χ2n) is 8.00. The molecule has 2 aromatic carbocycles. The van der Waals surface area contributed by atoms with E-state index in [4.69, 9.17) is 4.74 Å². The molecule has 0 bridgehead atoms. The zero-order valence-corrected chi connectivity index (χ0v) is 17.3. The molecule has 2 aliphatic rings. The fourth-order valence-electron chi connectivity index (χ4n) is 4.47. The number of hydrogen-bond donors (Lipinski definition) is 1. The molecule has 0 aliphatic carbocycles. The maximum Gasteiger partial charge on any atom is 0.251 e. The molecular formula is C24H31N3O2. The van der Waals surface area contributed by atoms with Crippen LogP contribution in [0.1, 0.15) is 33.8 Å². The zero-order chi connectivity index (χ0) is 20.1. The van der Waals surface area contributed by atoms with Crippen LogP contribution in [0, 0.1) is 6.92 Å². The minimum Gasteiger partial charge on any atom is -0.378 e. The number of morpholine rings is 1. The van der Waals surface area contributed by atoms with Crippen molar-refractivity contribution in [2.45, 2.75) is 19.3 Å². The molecule has 1 N–H and O–H groups in total. The summed E-state index contributed by atoms with van der Waals surface area (Å²) in [6, 6.07) is 16.8. The Kier molecular flexibility index (Phi) is 6.47. The molecule has 2 aliphatic heterocycles. The third kappa shape index (κ3) is 4.80. The smallest absolute Gasteiger partial charge is 0.251 e. The summed E-state index contributed by atoms with van der Waals surface area (Å²) in [4.78, 5) is 17.5. The fraction of sp³-hybridized carbons (Fsp3) is 0.458. The molecule has 0 aromatic heterocycles. The van der Waals surface area contributed by atoms with Gasteiger partial charge < -0.3 is 19.9 Å². The summed E-state index contributed by atoms with van der Waals surface area (Å²) >= 11 is 0. The quantitative estimate of drug-likeness (QED) is 0.819. The second-order valence-corrected chi connectivity index (χ2v) is 8.00. The Balaban J connectivity index is 1.29. The van der Waals surface area contributed by atoms with Gasteiger partial charge in [0, 0.05) is 44.0 Å². The summed E-state index contributed by atoms with van der Waals surface area (Å²) in [7, 11) is 0. The number of likely N-dealkylation sites (tertiary alicyclic amines) is 1. The number of amides is 1. The summed E-state index contributed by atoms with van der Waals surface area (Å²) < 4.78 is 5.45. The third-order valence-electron chi connectivity index (χ3n) is 6.16. The van der Waals surface area contributed by atoms with Crippen molar-refractivity contribution in [1.29, 1.82) is 0 Å². The van der Waals surface area contributed by atoms with Gasteiger partial charge >= 0.3 is 0 Å². The molecule has 0 spiro atoms. The highest BCUT2D eigenvalue weighted by molar-refractivity contribution is 5.97. The van der Waals surface area contributed by atoms with Crippen molar-refractivity contribution in [3.8, 4) is 0 Å². The van der Waals surface area contributed by atoms with Gasteiger partial charge in [-0.05, 0) is 49.1 Å². The Morgan fingerprint density at radius 2 is 1.86 bits per heavy atom. The van der Waals surface area contributed by atoms with Crippen LogP contribution in [0.15, 0.2) is 48.5 Å². The largest absolute Gasteiger partial charge is 0.378 e. The van der Waals surface area contributed by atoms with Crippen molar-refractivity contribution in [3.63, 3.8) is 0 Å². The lowest BCUT2D eigenvalue weighted by molar-refractivity contribution is 0.0949. The van der Waals surface area contributed by atoms with E-state index in [9.17, 15) is 4.79 Å². The van der Waals surface area contributed by atoms with Gasteiger partial charge in [-0.1, -0.05) is 36.4 Å². The highest BCUT2D eigenvalue weighted by Crippen LogP contribution is 2.27. The summed E-state index contributed by atoms with van der Waals surface area (Å²) in [5, 5.41) is 3.13. The van der Waals surface area contributed by atoms with Gasteiger partial charge in [-0.25, -0.2) is 0 Å². The molecule has 1 atom stereocenters. The van der Waals surface area contributed by atoms with E-state index in [0.29, 0.717) is 12.5 Å². The first-order valence-corrected chi connectivity index (χ1v) is 10.7. The fourth-order valence-corrected chi connectivity index (χ4v) is 4.47. The molecule has 0 saturated carbocycles. The first-order chi connectivity index (χ1) is 14.2. The topological polar surface area (TPSA) is 44.8 Å². The Bertz CT molecular complexity index is 818. The van der Waals surface area contributed by atoms with E-state index < -0.39 is 0 Å². The van der Waals surface area contributed by atoms with Crippen molar-refractivity contribution in [2.75, 3.05) is 57.4 Å². The van der Waals surface area contributed by atoms with E-state index in [-0.39, 0.29) is 5.91 Å². The number of hydrogen-bond acceptors (Lipinski definition) is 4. The van der Waals surface area contributed by atoms with Crippen molar-refractivity contribution in [2.24, 2.45) is 0 Å². The third-order valence-corrected chi connectivity index (χ3v) is 6.16. The molecular weight excluding hydrogens is 362 g/mol. The molecule has 4 rings (SSSR count). The van der Waals surface area contributed by atoms with E-state index in [0.717, 1.165) is 62.8 Å². The van der Waals surface area contributed by atoms with Gasteiger partial charge in [0.15, 0.2) is 0 Å². The predicted octanol–water partition coefficient (Wildman–Crippen LogP) is 3.05. The lowest BCUT2D eigenvalue weighted by atomic mass is 9.99. The zero-order valence-electron chi connectivity index (χ0n) is 17.3. The monoisotopic (exact) mass is 393 g/mol. The number of carbonyl (C=O) groups excluding carboxylic acids is 1. The SMILES string of the molecule is Cc1c(C(=O)NCCN2CC[C@H](c3ccccc3)C2)cccc1N1CCOCC1. The second kappa shape index (κ2) is 9.42. The van der Waals surface area contributed by atoms with Gasteiger partial charge in [0.1, 0.15) is 0 Å². The highest BCUT2D eigenvalue weighted by Gasteiger charge is 2.23. The van der Waals surface area contributed by atoms with E-state index in [1.165, 1.54) is 12.0 Å². The number of ether oxygens (including phenoxy) is 1. The van der Waals surface area contributed by atoms with E-state index in [1.807, 2.05) is 19.1 Å². The molecule has 2 heterocycles. The Morgan fingerprint density at radius 3 is 2.66 bits per heavy atom. The molecule has 0 radical (unpaired) electrons. The van der Waals surface area contributed by atoms with Crippen LogP contribution in [0.25, 0.3) is 0 Å². The first-order valence-electron chi connectivity index (χ1n) is 10.7. The van der Waals surface area contributed by atoms with Gasteiger partial charge in [0.25, 0.3) is 5.91 Å². The molecule has 2 aromatic rings. The van der Waals surface area contributed by atoms with Gasteiger partial charge in [0.2, 0.25) is 0 Å². The molecule has 5 nitrogen and oxygen atoms in total. The van der Waals surface area contributed by atoms with Gasteiger partial charge in [-0.3, -0.25) is 4.79 Å². The lowest BCUT2D eigenvalue weighted by Gasteiger charge is -2.30. The van der Waals surface area contributed by atoms with E-state index >= 15 is 0 Å². The summed E-state index contributed by atoms with van der Waals surface area (Å²) in [6.07, 6.45) is 1.19. The van der Waals surface area contributed by atoms with Gasteiger partial charge in [-0.15, -0.1) is 0 Å². The molecule has 5 heteroatoms. The van der Waals surface area contributed by atoms with E-state index in [2.05, 4.69) is 51.5 Å². The normalized spacial score (nSPS) is 20.0. The van der Waals surface area contributed by atoms with Crippen LogP contribution in [0.4, 0.5) is 5.69 Å². The summed E-state index contributed by atoms with van der Waals surface area (Å²) in [5.41, 5.74) is 4.40. The van der Waals surface area contributed by atoms with E-state index in [1.54, 1.807) is 0 Å². The van der Waals surface area contributed by atoms with Crippen LogP contribution < -0.4 is 10.2 Å². The summed E-state index contributed by atoms with van der Waals surface area (Å²) in [5.74, 6) is 0.635. The molecule has 2 saturated heterocycles. The van der Waals surface area contributed by atoms with Crippen LogP contribution in [0.5, 0.6) is 0 Å². The number of anilines is 1. The van der Waals surface area contributed by atoms with Crippen molar-refractivity contribution >= 4 is 11.6 Å². The standard InChI is InChI=1S/C24H31N3O2/c1-19-22(8-5-9-23(19)27-14-16-29-17-15-27)24(28)25-11-13-26-12-10-21(18-26)20-6-3-2-4-7-20/h2-9,21H,10-18H2,1H3,(H,25,28)/t21-/m0/s1. The van der Waals surface area contributed by atoms with Crippen LogP contribution in [0.2, 0.25) is 0 Å². The first kappa shape index (κ1) is 19.9. The number of nitrogens with one attached hydrogen (secondary N) is 1. The minimum absolute atomic E-state index is 0.0245. The maximum atomic E-state index is 12.8. The van der Waals surface area contributed by atoms with Crippen molar-refractivity contribution in [1.82, 2.24) is 10.2 Å². The number of nitrogens with zero attached hydrogens (tertiary/aromatic N) is 2. The van der Waals surface area contributed by atoms with Gasteiger partial charge in [0.05, 0.1) is 13.2 Å². The van der Waals surface area contributed by atoms with Crippen molar-refractivity contribution in [3.05, 3.63) is 65.2 Å². The maximum absolute atomic E-state index is 12.8. The number of carbonyl (C=O) groups is 1. The van der Waals surface area contributed by atoms with Crippen LogP contribution in [0.3, 0.4) is 0 Å². The van der Waals surface area contributed by atoms with Crippen LogP contribution in [-0.4, -0.2) is 63.3 Å². The predicted molar refractivity (Wildman–Crippen MR) is 117 cm³/mol. The number of benzene rings is 2. The molecule has 0 unspecified atom stereocenters. The van der Waals surface area contributed by atoms with Crippen LogP contribution in [-0.2, 0) is 4.74 Å². The Labute approximate surface area is 173 Å². The highest BCUT2D eigenvalue weighted by atomic mass is 16.5. The lowest BCUT2D eigenvalue weighted by Crippen LogP contribution is -2.37. The van der Waals surface area contributed by atoms with Crippen LogP contribution >= 0.6 is 0 Å². The van der Waals surface area contributed by atoms with Crippen molar-refractivity contribution < 1.29 is 9.53 Å². The molecule has 154 valence electrons. The average Bonchev–Trinajstić information content (AvgIpc) is 3.24. The number of rotatable bonds is 6. The summed E-state index contributed by atoms with van der Waals surface area (Å²) in [6.45, 7) is 9.05. The average molecular weight is 394 g/mol. The molecule has 2 fully saturated rings. The minimum atomic E-state index is 0.0245. The Hall–Kier alpha value is -2.37.